The SMILES string of the molecule is CC1=NCC2(CCc3c(Br)cccc3C2)N1.CC1=NCC2(CCc3c(cccc3-c3cncnc3)C2)N1.N=CN.NCC1(N)CCc2c(Br)cccc2C1. The number of benzene rings is 3. The summed E-state index contributed by atoms with van der Waals surface area (Å²) < 4.78 is 2.46. The fraction of sp³-hybridized carbons (Fsp3) is 0.405. The van der Waals surface area contributed by atoms with E-state index < -0.39 is 0 Å². The predicted octanol–water partition coefficient (Wildman–Crippen LogP) is 6.24. The molecule has 3 aliphatic carbocycles. The van der Waals surface area contributed by atoms with Crippen LogP contribution in [0.25, 0.3) is 11.1 Å². The molecule has 9 rings (SSSR count). The molecule has 0 bridgehead atoms. The first-order valence-corrected chi connectivity index (χ1v) is 20.3. The van der Waals surface area contributed by atoms with Gasteiger partial charge >= 0.3 is 0 Å². The molecule has 2 aliphatic heterocycles. The van der Waals surface area contributed by atoms with Gasteiger partial charge in [-0.2, -0.15) is 0 Å². The van der Waals surface area contributed by atoms with Gasteiger partial charge < -0.3 is 27.8 Å². The fourth-order valence-corrected chi connectivity index (χ4v) is 9.71. The lowest BCUT2D eigenvalue weighted by atomic mass is 9.76. The number of amidine groups is 2. The highest BCUT2D eigenvalue weighted by atomic mass is 79.9. The van der Waals surface area contributed by atoms with Crippen molar-refractivity contribution in [3.8, 4) is 11.1 Å². The molecule has 3 aromatic carbocycles. The monoisotopic (exact) mass is 854 g/mol. The number of nitrogens with one attached hydrogen (secondary N) is 3. The third-order valence-corrected chi connectivity index (χ3v) is 12.8. The number of aliphatic imine (C=N–C) groups is 2. The van der Waals surface area contributed by atoms with Gasteiger partial charge in [0, 0.05) is 39.0 Å². The van der Waals surface area contributed by atoms with Gasteiger partial charge in [-0.15, -0.1) is 0 Å². The summed E-state index contributed by atoms with van der Waals surface area (Å²) in [4.78, 5) is 17.4. The summed E-state index contributed by atoms with van der Waals surface area (Å²) in [6.45, 7) is 6.52. The molecule has 0 amide bonds. The maximum Gasteiger partial charge on any atom is 0.115 e. The predicted molar refractivity (Wildman–Crippen MR) is 228 cm³/mol. The average molecular weight is 857 g/mol. The lowest BCUT2D eigenvalue weighted by Crippen LogP contribution is -2.51. The molecule has 3 heterocycles. The molecule has 0 fully saturated rings. The second kappa shape index (κ2) is 17.2. The Morgan fingerprint density at radius 2 is 1.19 bits per heavy atom. The maximum absolute atomic E-state index is 6.18. The van der Waals surface area contributed by atoms with E-state index in [4.69, 9.17) is 16.9 Å². The second-order valence-electron chi connectivity index (χ2n) is 15.2. The summed E-state index contributed by atoms with van der Waals surface area (Å²) in [6.07, 6.45) is 15.7. The van der Waals surface area contributed by atoms with Gasteiger partial charge in [0.2, 0.25) is 0 Å². The Hall–Kier alpha value is -3.97. The van der Waals surface area contributed by atoms with Crippen LogP contribution in [0.4, 0.5) is 0 Å². The molecular weight excluding hydrogens is 804 g/mol. The Labute approximate surface area is 336 Å². The Balaban J connectivity index is 0.000000136. The molecule has 2 spiro atoms. The van der Waals surface area contributed by atoms with Gasteiger partial charge in [-0.1, -0.05) is 74.3 Å². The molecule has 0 saturated carbocycles. The van der Waals surface area contributed by atoms with Crippen molar-refractivity contribution in [2.45, 2.75) is 88.3 Å². The highest BCUT2D eigenvalue weighted by Crippen LogP contribution is 2.37. The number of halogens is 2. The molecule has 5 aliphatic rings. The molecule has 0 radical (unpaired) electrons. The number of hydrogen-bond acceptors (Lipinski definition) is 9. The average Bonchev–Trinajstić information content (AvgIpc) is 3.72. The normalized spacial score (nSPS) is 24.3. The second-order valence-corrected chi connectivity index (χ2v) is 16.9. The Morgan fingerprint density at radius 1 is 0.722 bits per heavy atom. The molecule has 1 aromatic heterocycles. The lowest BCUT2D eigenvalue weighted by molar-refractivity contribution is 0.361. The Bertz CT molecular complexity index is 2020. The quantitative estimate of drug-likeness (QED) is 0.102. The summed E-state index contributed by atoms with van der Waals surface area (Å²) in [5, 5.41) is 13.0. The topological polar surface area (TPSA) is 176 Å². The summed E-state index contributed by atoms with van der Waals surface area (Å²) in [5.74, 6) is 2.17. The molecule has 3 unspecified atom stereocenters. The van der Waals surface area contributed by atoms with E-state index >= 15 is 0 Å². The smallest absolute Gasteiger partial charge is 0.115 e. The van der Waals surface area contributed by atoms with Gasteiger partial charge in [0.15, 0.2) is 0 Å². The van der Waals surface area contributed by atoms with Gasteiger partial charge in [0.05, 0.1) is 42.2 Å². The summed E-state index contributed by atoms with van der Waals surface area (Å²) >= 11 is 7.21. The number of aromatic nitrogens is 2. The van der Waals surface area contributed by atoms with Crippen molar-refractivity contribution in [1.82, 2.24) is 20.6 Å². The van der Waals surface area contributed by atoms with Crippen LogP contribution in [-0.2, 0) is 38.5 Å². The molecule has 10 nitrogen and oxygen atoms in total. The van der Waals surface area contributed by atoms with Crippen molar-refractivity contribution in [1.29, 1.82) is 5.41 Å². The van der Waals surface area contributed by atoms with Crippen LogP contribution in [0.2, 0.25) is 0 Å². The van der Waals surface area contributed by atoms with E-state index in [9.17, 15) is 0 Å². The lowest BCUT2D eigenvalue weighted by Gasteiger charge is -2.35. The van der Waals surface area contributed by atoms with Crippen molar-refractivity contribution in [2.75, 3.05) is 19.6 Å². The molecule has 284 valence electrons. The summed E-state index contributed by atoms with van der Waals surface area (Å²) in [7, 11) is 0. The highest BCUT2D eigenvalue weighted by molar-refractivity contribution is 9.10. The van der Waals surface area contributed by atoms with E-state index in [1.807, 2.05) is 12.4 Å². The van der Waals surface area contributed by atoms with Crippen molar-refractivity contribution in [3.63, 3.8) is 0 Å². The third kappa shape index (κ3) is 9.10. The number of hydrogen-bond donors (Lipinski definition) is 6. The summed E-state index contributed by atoms with van der Waals surface area (Å²) in [6, 6.07) is 19.4. The van der Waals surface area contributed by atoms with Crippen LogP contribution < -0.4 is 27.8 Å². The van der Waals surface area contributed by atoms with E-state index in [-0.39, 0.29) is 16.6 Å². The van der Waals surface area contributed by atoms with Crippen molar-refractivity contribution in [2.24, 2.45) is 27.2 Å². The maximum atomic E-state index is 6.18. The third-order valence-electron chi connectivity index (χ3n) is 11.3. The first kappa shape index (κ1) is 39.7. The molecule has 3 atom stereocenters. The number of rotatable bonds is 2. The van der Waals surface area contributed by atoms with E-state index in [2.05, 4.69) is 137 Å². The molecule has 4 aromatic rings. The van der Waals surface area contributed by atoms with Crippen LogP contribution >= 0.6 is 31.9 Å². The minimum absolute atomic E-state index is 0.142. The minimum Gasteiger partial charge on any atom is -0.390 e. The van der Waals surface area contributed by atoms with Crippen molar-refractivity contribution < 1.29 is 0 Å². The molecule has 12 heteroatoms. The summed E-state index contributed by atoms with van der Waals surface area (Å²) in [5.41, 5.74) is 27.4. The van der Waals surface area contributed by atoms with Crippen LogP contribution in [0.1, 0.15) is 66.5 Å². The van der Waals surface area contributed by atoms with E-state index in [0.717, 1.165) is 88.0 Å². The van der Waals surface area contributed by atoms with Gasteiger partial charge in [0.25, 0.3) is 0 Å². The van der Waals surface area contributed by atoms with Gasteiger partial charge in [0.1, 0.15) is 6.33 Å². The van der Waals surface area contributed by atoms with Gasteiger partial charge in [-0.05, 0) is 123 Å². The van der Waals surface area contributed by atoms with Gasteiger partial charge in [-0.3, -0.25) is 15.4 Å². The molecular formula is C42H52Br2N10. The fourth-order valence-electron chi connectivity index (χ4n) is 8.50. The number of nitrogens with two attached hydrogens (primary N) is 3. The highest BCUT2D eigenvalue weighted by Gasteiger charge is 2.39. The molecule has 54 heavy (non-hydrogen) atoms. The molecule has 9 N–H and O–H groups in total. The van der Waals surface area contributed by atoms with Gasteiger partial charge in [-0.25, -0.2) is 9.97 Å². The zero-order valence-corrected chi connectivity index (χ0v) is 34.4. The van der Waals surface area contributed by atoms with E-state index in [0.29, 0.717) is 6.54 Å². The standard InChI is InChI=1S/C17H18N4.C13H15BrN2.C11H15BrN2.CH4N2/c1-12-20-10-17(21-12)6-5-16-13(7-17)3-2-4-15(16)14-8-18-11-19-9-14;1-9-15-8-13(16-9)6-5-11-10(7-13)3-2-4-12(11)14;12-10-3-1-2-8-6-11(14,7-13)5-4-9(8)10;2-1-3/h2-4,8-9,11H,5-7,10H2,1H3,(H,20,21);2-4H,5-8H2,1H3,(H,15,16);1-3H,4-7,13-14H2;1H,(H3,2,3). The van der Waals surface area contributed by atoms with Crippen LogP contribution in [0.15, 0.2) is 92.2 Å². The first-order valence-electron chi connectivity index (χ1n) is 18.7. The van der Waals surface area contributed by atoms with Crippen molar-refractivity contribution in [3.05, 3.63) is 116 Å². The van der Waals surface area contributed by atoms with Crippen LogP contribution in [0, 0.1) is 5.41 Å². The van der Waals surface area contributed by atoms with Crippen LogP contribution in [0.5, 0.6) is 0 Å². The van der Waals surface area contributed by atoms with Crippen molar-refractivity contribution >= 4 is 49.9 Å². The first-order chi connectivity index (χ1) is 26.0. The van der Waals surface area contributed by atoms with E-state index in [1.54, 1.807) is 6.33 Å². The molecule has 0 saturated heterocycles. The zero-order valence-electron chi connectivity index (χ0n) is 31.3. The Morgan fingerprint density at radius 3 is 1.69 bits per heavy atom. The largest absolute Gasteiger partial charge is 0.390 e. The minimum atomic E-state index is -0.187. The zero-order chi connectivity index (χ0) is 38.3. The van der Waals surface area contributed by atoms with E-state index in [1.165, 1.54) is 54.3 Å². The van der Waals surface area contributed by atoms with Crippen LogP contribution in [0.3, 0.4) is 0 Å². The number of nitrogens with zero attached hydrogens (tertiary/aromatic N) is 4. The Kier molecular flexibility index (Phi) is 12.7. The number of fused-ring (bicyclic) bond motifs is 3. The van der Waals surface area contributed by atoms with Crippen LogP contribution in [-0.4, -0.2) is 64.2 Å².